The molecule has 0 radical (unpaired) electrons. The molecule has 1 aromatic carbocycles. The maximum atomic E-state index is 12.4. The number of fused-ring (bicyclic) bond motifs is 1. The minimum absolute atomic E-state index is 0.0159. The van der Waals surface area contributed by atoms with E-state index in [9.17, 15) is 4.79 Å². The molecule has 28 heavy (non-hydrogen) atoms. The number of nitrogens with zero attached hydrogens (tertiary/aromatic N) is 1. The zero-order valence-corrected chi connectivity index (χ0v) is 16.1. The fourth-order valence-corrected chi connectivity index (χ4v) is 3.72. The lowest BCUT2D eigenvalue weighted by molar-refractivity contribution is 0.0240. The van der Waals surface area contributed by atoms with Crippen molar-refractivity contribution in [1.82, 2.24) is 15.3 Å². The van der Waals surface area contributed by atoms with E-state index >= 15 is 0 Å². The number of benzene rings is 1. The van der Waals surface area contributed by atoms with E-state index in [1.165, 1.54) is 6.33 Å². The SMILES string of the molecule is CCC(Oc1cc(OC2CCOCC2)c2c(=O)[nH]cnc2c1)C1COCCN1. The van der Waals surface area contributed by atoms with Crippen LogP contribution in [-0.4, -0.2) is 61.2 Å². The third-order valence-electron chi connectivity index (χ3n) is 5.23. The number of aromatic amines is 1. The Balaban J connectivity index is 1.63. The number of nitrogens with one attached hydrogen (secondary N) is 2. The average Bonchev–Trinajstić information content (AvgIpc) is 2.73. The second-order valence-electron chi connectivity index (χ2n) is 7.18. The van der Waals surface area contributed by atoms with Crippen LogP contribution in [0.4, 0.5) is 0 Å². The molecular formula is C20H27N3O5. The van der Waals surface area contributed by atoms with Gasteiger partial charge >= 0.3 is 0 Å². The number of morpholine rings is 1. The normalized spacial score (nSPS) is 22.1. The van der Waals surface area contributed by atoms with Crippen LogP contribution < -0.4 is 20.3 Å². The molecule has 2 unspecified atom stereocenters. The first-order valence-electron chi connectivity index (χ1n) is 9.98. The molecule has 0 saturated carbocycles. The van der Waals surface area contributed by atoms with Crippen molar-refractivity contribution in [3.8, 4) is 11.5 Å². The van der Waals surface area contributed by atoms with E-state index in [0.717, 1.165) is 32.4 Å². The van der Waals surface area contributed by atoms with Crippen molar-refractivity contribution >= 4 is 10.9 Å². The number of rotatable bonds is 6. The second-order valence-corrected chi connectivity index (χ2v) is 7.18. The molecule has 1 aromatic heterocycles. The molecule has 4 rings (SSSR count). The zero-order chi connectivity index (χ0) is 19.3. The summed E-state index contributed by atoms with van der Waals surface area (Å²) in [5.41, 5.74) is 0.346. The summed E-state index contributed by atoms with van der Waals surface area (Å²) in [6.07, 6.45) is 3.80. The van der Waals surface area contributed by atoms with Crippen molar-refractivity contribution in [3.63, 3.8) is 0 Å². The molecule has 2 aliphatic heterocycles. The van der Waals surface area contributed by atoms with Gasteiger partial charge in [-0.05, 0) is 6.42 Å². The van der Waals surface area contributed by atoms with Gasteiger partial charge in [-0.15, -0.1) is 0 Å². The largest absolute Gasteiger partial charge is 0.489 e. The van der Waals surface area contributed by atoms with Crippen LogP contribution >= 0.6 is 0 Å². The molecule has 2 N–H and O–H groups in total. The van der Waals surface area contributed by atoms with Gasteiger partial charge in [0.05, 0.1) is 44.3 Å². The van der Waals surface area contributed by atoms with E-state index in [2.05, 4.69) is 22.2 Å². The molecule has 2 atom stereocenters. The van der Waals surface area contributed by atoms with Gasteiger partial charge in [0.2, 0.25) is 0 Å². The quantitative estimate of drug-likeness (QED) is 0.775. The van der Waals surface area contributed by atoms with E-state index in [1.807, 2.05) is 0 Å². The predicted molar refractivity (Wildman–Crippen MR) is 104 cm³/mol. The van der Waals surface area contributed by atoms with Crippen LogP contribution in [0.5, 0.6) is 11.5 Å². The van der Waals surface area contributed by atoms with Gasteiger partial charge in [0.15, 0.2) is 0 Å². The average molecular weight is 389 g/mol. The van der Waals surface area contributed by atoms with Gasteiger partial charge in [-0.3, -0.25) is 4.79 Å². The molecule has 0 amide bonds. The highest BCUT2D eigenvalue weighted by Gasteiger charge is 2.25. The maximum absolute atomic E-state index is 12.4. The highest BCUT2D eigenvalue weighted by atomic mass is 16.5. The van der Waals surface area contributed by atoms with Crippen LogP contribution in [0.1, 0.15) is 26.2 Å². The molecule has 2 fully saturated rings. The maximum Gasteiger partial charge on any atom is 0.262 e. The number of hydrogen-bond donors (Lipinski definition) is 2. The van der Waals surface area contributed by atoms with E-state index in [4.69, 9.17) is 18.9 Å². The van der Waals surface area contributed by atoms with Crippen LogP contribution in [-0.2, 0) is 9.47 Å². The highest BCUT2D eigenvalue weighted by molar-refractivity contribution is 5.85. The molecule has 8 nitrogen and oxygen atoms in total. The second kappa shape index (κ2) is 8.89. The lowest BCUT2D eigenvalue weighted by Crippen LogP contribution is -2.50. The molecule has 8 heteroatoms. The first-order valence-corrected chi connectivity index (χ1v) is 9.98. The predicted octanol–water partition coefficient (Wildman–Crippen LogP) is 1.63. The Morgan fingerprint density at radius 1 is 1.25 bits per heavy atom. The summed E-state index contributed by atoms with van der Waals surface area (Å²) in [5, 5.41) is 3.90. The smallest absolute Gasteiger partial charge is 0.262 e. The Morgan fingerprint density at radius 2 is 2.11 bits per heavy atom. The molecular weight excluding hydrogens is 362 g/mol. The number of H-pyrrole nitrogens is 1. The summed E-state index contributed by atoms with van der Waals surface area (Å²) in [7, 11) is 0. The van der Waals surface area contributed by atoms with Gasteiger partial charge in [0, 0.05) is 31.5 Å². The first kappa shape index (κ1) is 19.2. The molecule has 2 saturated heterocycles. The van der Waals surface area contributed by atoms with E-state index < -0.39 is 0 Å². The number of aromatic nitrogens is 2. The van der Waals surface area contributed by atoms with Gasteiger partial charge in [0.1, 0.15) is 29.1 Å². The Labute approximate surface area is 163 Å². The summed E-state index contributed by atoms with van der Waals surface area (Å²) < 4.78 is 23.5. The molecule has 3 heterocycles. The highest BCUT2D eigenvalue weighted by Crippen LogP contribution is 2.31. The number of hydrogen-bond acceptors (Lipinski definition) is 7. The lowest BCUT2D eigenvalue weighted by atomic mass is 10.1. The standard InChI is InChI=1S/C20H27N3O5/c1-2-17(16-11-26-8-5-21-16)28-14-9-15-19(20(24)23-12-22-15)18(10-14)27-13-3-6-25-7-4-13/h9-10,12-13,16-17,21H,2-8,11H2,1H3,(H,22,23,24). The first-order chi connectivity index (χ1) is 13.7. The molecule has 0 spiro atoms. The topological polar surface area (TPSA) is 94.7 Å². The minimum Gasteiger partial charge on any atom is -0.489 e. The summed E-state index contributed by atoms with van der Waals surface area (Å²) in [4.78, 5) is 19.4. The number of ether oxygens (including phenoxy) is 4. The third-order valence-corrected chi connectivity index (χ3v) is 5.23. The van der Waals surface area contributed by atoms with Crippen molar-refractivity contribution in [2.75, 3.05) is 33.0 Å². The Morgan fingerprint density at radius 3 is 2.86 bits per heavy atom. The monoisotopic (exact) mass is 389 g/mol. The van der Waals surface area contributed by atoms with E-state index in [0.29, 0.717) is 42.2 Å². The molecule has 152 valence electrons. The van der Waals surface area contributed by atoms with Crippen LogP contribution in [0, 0.1) is 0 Å². The summed E-state index contributed by atoms with van der Waals surface area (Å²) >= 11 is 0. The molecule has 2 aliphatic rings. The minimum atomic E-state index is -0.215. The van der Waals surface area contributed by atoms with Gasteiger partial charge in [-0.25, -0.2) is 4.98 Å². The Kier molecular flexibility index (Phi) is 6.09. The van der Waals surface area contributed by atoms with Crippen molar-refractivity contribution in [3.05, 3.63) is 28.8 Å². The molecule has 0 bridgehead atoms. The third kappa shape index (κ3) is 4.29. The van der Waals surface area contributed by atoms with Gasteiger partial charge in [-0.2, -0.15) is 0 Å². The fourth-order valence-electron chi connectivity index (χ4n) is 3.72. The Hall–Kier alpha value is -2.16. The van der Waals surface area contributed by atoms with Crippen molar-refractivity contribution < 1.29 is 18.9 Å². The van der Waals surface area contributed by atoms with Crippen molar-refractivity contribution in [2.45, 2.75) is 44.4 Å². The van der Waals surface area contributed by atoms with Crippen LogP contribution in [0.2, 0.25) is 0 Å². The van der Waals surface area contributed by atoms with E-state index in [1.54, 1.807) is 12.1 Å². The van der Waals surface area contributed by atoms with Crippen LogP contribution in [0.15, 0.2) is 23.3 Å². The van der Waals surface area contributed by atoms with Crippen LogP contribution in [0.3, 0.4) is 0 Å². The Bertz CT molecular complexity index is 843. The van der Waals surface area contributed by atoms with E-state index in [-0.39, 0.29) is 23.8 Å². The molecule has 2 aromatic rings. The van der Waals surface area contributed by atoms with Gasteiger partial charge in [0.25, 0.3) is 5.56 Å². The van der Waals surface area contributed by atoms with Gasteiger partial charge < -0.3 is 29.2 Å². The van der Waals surface area contributed by atoms with Gasteiger partial charge in [-0.1, -0.05) is 6.92 Å². The van der Waals surface area contributed by atoms with Crippen molar-refractivity contribution in [2.24, 2.45) is 0 Å². The van der Waals surface area contributed by atoms with Crippen LogP contribution in [0.25, 0.3) is 10.9 Å². The fraction of sp³-hybridized carbons (Fsp3) is 0.600. The van der Waals surface area contributed by atoms with Crippen molar-refractivity contribution in [1.29, 1.82) is 0 Å². The molecule has 0 aliphatic carbocycles. The summed E-state index contributed by atoms with van der Waals surface area (Å²) in [5.74, 6) is 1.16. The summed E-state index contributed by atoms with van der Waals surface area (Å²) in [6.45, 7) is 5.58. The zero-order valence-electron chi connectivity index (χ0n) is 16.1. The lowest BCUT2D eigenvalue weighted by Gasteiger charge is -2.31. The summed E-state index contributed by atoms with van der Waals surface area (Å²) in [6, 6.07) is 3.73.